The molecule has 136 valence electrons. The molecule has 0 unspecified atom stereocenters. The van der Waals surface area contributed by atoms with Crippen molar-refractivity contribution >= 4 is 34.4 Å². The number of amides is 1. The number of benzene rings is 2. The Balaban J connectivity index is 1.54. The Morgan fingerprint density at radius 3 is 2.71 bits per heavy atom. The molecule has 3 aromatic heterocycles. The Hall–Kier alpha value is -4.13. The standard InChI is InChI=1S/C21H15N5O2/c22-21-25-16-10-13(6-8-18(16)28-21)14-7-9-19-23-11-17(26(19)12-14)20(27)24-15-4-2-1-3-5-15/h1-12H,(H2,22,25)(H,24,27). The quantitative estimate of drug-likeness (QED) is 0.501. The average molecular weight is 369 g/mol. The summed E-state index contributed by atoms with van der Waals surface area (Å²) in [6.45, 7) is 0. The molecule has 7 nitrogen and oxygen atoms in total. The van der Waals surface area contributed by atoms with E-state index in [2.05, 4.69) is 15.3 Å². The van der Waals surface area contributed by atoms with Crippen LogP contribution in [0, 0.1) is 0 Å². The van der Waals surface area contributed by atoms with Crippen LogP contribution in [0.2, 0.25) is 0 Å². The molecule has 5 rings (SSSR count). The van der Waals surface area contributed by atoms with Crippen molar-refractivity contribution in [1.82, 2.24) is 14.4 Å². The lowest BCUT2D eigenvalue weighted by Crippen LogP contribution is -2.14. The minimum atomic E-state index is -0.226. The fourth-order valence-corrected chi connectivity index (χ4v) is 3.16. The summed E-state index contributed by atoms with van der Waals surface area (Å²) in [6.07, 6.45) is 3.45. The zero-order valence-electron chi connectivity index (χ0n) is 14.7. The van der Waals surface area contributed by atoms with Gasteiger partial charge in [0.2, 0.25) is 0 Å². The lowest BCUT2D eigenvalue weighted by Gasteiger charge is -2.07. The van der Waals surface area contributed by atoms with E-state index >= 15 is 0 Å². The second-order valence-corrected chi connectivity index (χ2v) is 6.34. The summed E-state index contributed by atoms with van der Waals surface area (Å²) in [5.41, 5.74) is 10.7. The molecule has 1 amide bonds. The van der Waals surface area contributed by atoms with Gasteiger partial charge >= 0.3 is 0 Å². The van der Waals surface area contributed by atoms with Crippen LogP contribution >= 0.6 is 0 Å². The molecular weight excluding hydrogens is 354 g/mol. The highest BCUT2D eigenvalue weighted by atomic mass is 16.4. The van der Waals surface area contributed by atoms with E-state index in [9.17, 15) is 4.79 Å². The Morgan fingerprint density at radius 1 is 1.04 bits per heavy atom. The summed E-state index contributed by atoms with van der Waals surface area (Å²) in [5, 5.41) is 2.89. The number of rotatable bonds is 3. The van der Waals surface area contributed by atoms with Gasteiger partial charge in [0.1, 0.15) is 16.9 Å². The number of aromatic nitrogens is 3. The van der Waals surface area contributed by atoms with Crippen molar-refractivity contribution in [2.75, 3.05) is 11.1 Å². The third-order valence-corrected chi connectivity index (χ3v) is 4.51. The lowest BCUT2D eigenvalue weighted by molar-refractivity contribution is 0.102. The fourth-order valence-electron chi connectivity index (χ4n) is 3.16. The van der Waals surface area contributed by atoms with Gasteiger partial charge in [-0.15, -0.1) is 0 Å². The van der Waals surface area contributed by atoms with Gasteiger partial charge in [0, 0.05) is 11.9 Å². The van der Waals surface area contributed by atoms with E-state index in [0.717, 1.165) is 16.8 Å². The van der Waals surface area contributed by atoms with Gasteiger partial charge in [0.25, 0.3) is 11.9 Å². The smallest absolute Gasteiger partial charge is 0.292 e. The average Bonchev–Trinajstić information content (AvgIpc) is 3.29. The van der Waals surface area contributed by atoms with Gasteiger partial charge in [-0.1, -0.05) is 24.3 Å². The maximum absolute atomic E-state index is 12.7. The van der Waals surface area contributed by atoms with Gasteiger partial charge in [0.05, 0.1) is 6.20 Å². The van der Waals surface area contributed by atoms with Gasteiger partial charge in [0.15, 0.2) is 5.58 Å². The zero-order chi connectivity index (χ0) is 19.1. The number of fused-ring (bicyclic) bond motifs is 2. The van der Waals surface area contributed by atoms with Gasteiger partial charge < -0.3 is 15.5 Å². The van der Waals surface area contributed by atoms with Crippen LogP contribution in [0.15, 0.2) is 77.5 Å². The zero-order valence-corrected chi connectivity index (χ0v) is 14.7. The first-order chi connectivity index (χ1) is 13.7. The van der Waals surface area contributed by atoms with Crippen LogP contribution in [-0.4, -0.2) is 20.3 Å². The first-order valence-corrected chi connectivity index (χ1v) is 8.67. The van der Waals surface area contributed by atoms with Crippen LogP contribution in [-0.2, 0) is 0 Å². The lowest BCUT2D eigenvalue weighted by atomic mass is 10.1. The van der Waals surface area contributed by atoms with E-state index in [4.69, 9.17) is 10.2 Å². The predicted octanol–water partition coefficient (Wildman–Crippen LogP) is 3.98. The van der Waals surface area contributed by atoms with Gasteiger partial charge in [-0.25, -0.2) is 4.98 Å². The highest BCUT2D eigenvalue weighted by Gasteiger charge is 2.13. The Labute approximate surface area is 159 Å². The van der Waals surface area contributed by atoms with E-state index in [1.165, 1.54) is 0 Å². The molecule has 0 spiro atoms. The predicted molar refractivity (Wildman–Crippen MR) is 107 cm³/mol. The number of nitrogens with one attached hydrogen (secondary N) is 1. The molecule has 3 heterocycles. The Morgan fingerprint density at radius 2 is 1.86 bits per heavy atom. The number of carbonyl (C=O) groups excluding carboxylic acids is 1. The molecule has 0 saturated carbocycles. The molecule has 28 heavy (non-hydrogen) atoms. The highest BCUT2D eigenvalue weighted by molar-refractivity contribution is 6.03. The van der Waals surface area contributed by atoms with Gasteiger partial charge in [-0.05, 0) is 47.5 Å². The normalized spacial score (nSPS) is 11.1. The van der Waals surface area contributed by atoms with E-state index in [-0.39, 0.29) is 11.9 Å². The summed E-state index contributed by atoms with van der Waals surface area (Å²) in [5.74, 6) is -0.226. The number of nitrogens with zero attached hydrogens (tertiary/aromatic N) is 3. The molecule has 0 aliphatic heterocycles. The third-order valence-electron chi connectivity index (χ3n) is 4.51. The van der Waals surface area contributed by atoms with Gasteiger partial charge in [-0.3, -0.25) is 9.20 Å². The number of anilines is 2. The molecule has 0 aliphatic carbocycles. The number of oxazole rings is 1. The Bertz CT molecular complexity index is 1320. The van der Waals surface area contributed by atoms with Crippen molar-refractivity contribution in [1.29, 1.82) is 0 Å². The molecule has 0 radical (unpaired) electrons. The SMILES string of the molecule is Nc1nc2cc(-c3ccc4ncc(C(=O)Nc5ccccc5)n4c3)ccc2o1. The maximum Gasteiger partial charge on any atom is 0.292 e. The first kappa shape index (κ1) is 16.1. The second-order valence-electron chi connectivity index (χ2n) is 6.34. The summed E-state index contributed by atoms with van der Waals surface area (Å²) in [4.78, 5) is 21.2. The van der Waals surface area contributed by atoms with Crippen molar-refractivity contribution in [2.45, 2.75) is 0 Å². The Kier molecular flexibility index (Phi) is 3.58. The number of hydrogen-bond acceptors (Lipinski definition) is 5. The van der Waals surface area contributed by atoms with Crippen molar-refractivity contribution < 1.29 is 9.21 Å². The first-order valence-electron chi connectivity index (χ1n) is 8.67. The number of hydrogen-bond donors (Lipinski definition) is 2. The minimum Gasteiger partial charge on any atom is -0.424 e. The van der Waals surface area contributed by atoms with Crippen LogP contribution < -0.4 is 11.1 Å². The second kappa shape index (κ2) is 6.24. The fraction of sp³-hybridized carbons (Fsp3) is 0. The molecule has 0 saturated heterocycles. The largest absolute Gasteiger partial charge is 0.424 e. The highest BCUT2D eigenvalue weighted by Crippen LogP contribution is 2.26. The topological polar surface area (TPSA) is 98.5 Å². The number of carbonyl (C=O) groups is 1. The van der Waals surface area contributed by atoms with E-state index < -0.39 is 0 Å². The summed E-state index contributed by atoms with van der Waals surface area (Å²) >= 11 is 0. The van der Waals surface area contributed by atoms with Crippen molar-refractivity contribution in [3.63, 3.8) is 0 Å². The monoisotopic (exact) mass is 369 g/mol. The van der Waals surface area contributed by atoms with Crippen LogP contribution in [0.4, 0.5) is 11.7 Å². The van der Waals surface area contributed by atoms with Gasteiger partial charge in [-0.2, -0.15) is 4.98 Å². The number of nitrogen functional groups attached to an aromatic ring is 1. The molecule has 0 bridgehead atoms. The van der Waals surface area contributed by atoms with Crippen LogP contribution in [0.25, 0.3) is 27.9 Å². The number of imidazole rings is 1. The number of pyridine rings is 1. The number of nitrogens with two attached hydrogens (primary N) is 1. The van der Waals surface area contributed by atoms with Crippen molar-refractivity contribution in [3.8, 4) is 11.1 Å². The molecule has 0 aliphatic rings. The molecule has 0 fully saturated rings. The minimum absolute atomic E-state index is 0.136. The summed E-state index contributed by atoms with van der Waals surface area (Å²) in [6, 6.07) is 18.9. The summed E-state index contributed by atoms with van der Waals surface area (Å²) in [7, 11) is 0. The van der Waals surface area contributed by atoms with E-state index in [1.54, 1.807) is 10.6 Å². The number of para-hydroxylation sites is 1. The molecular formula is C21H15N5O2. The van der Waals surface area contributed by atoms with E-state index in [1.807, 2.05) is 66.9 Å². The summed E-state index contributed by atoms with van der Waals surface area (Å²) < 4.78 is 7.10. The molecule has 5 aromatic rings. The van der Waals surface area contributed by atoms with Crippen molar-refractivity contribution in [3.05, 3.63) is 78.8 Å². The molecule has 0 atom stereocenters. The van der Waals surface area contributed by atoms with Crippen LogP contribution in [0.3, 0.4) is 0 Å². The van der Waals surface area contributed by atoms with Crippen LogP contribution in [0.1, 0.15) is 10.5 Å². The van der Waals surface area contributed by atoms with Crippen LogP contribution in [0.5, 0.6) is 0 Å². The third kappa shape index (κ3) is 2.75. The molecule has 2 aromatic carbocycles. The maximum atomic E-state index is 12.7. The molecule has 3 N–H and O–H groups in total. The van der Waals surface area contributed by atoms with Crippen molar-refractivity contribution in [2.24, 2.45) is 0 Å². The molecule has 7 heteroatoms. The van der Waals surface area contributed by atoms with E-state index in [0.29, 0.717) is 22.4 Å².